The Morgan fingerprint density at radius 2 is 2.30 bits per heavy atom. The molecule has 1 aromatic carbocycles. The number of carbonyl (C=O) groups is 1. The number of ether oxygens (including phenoxy) is 1. The highest BCUT2D eigenvalue weighted by atomic mass is 19.1. The highest BCUT2D eigenvalue weighted by Gasteiger charge is 2.25. The van der Waals surface area contributed by atoms with Gasteiger partial charge in [0.25, 0.3) is 0 Å². The van der Waals surface area contributed by atoms with Gasteiger partial charge in [-0.2, -0.15) is 0 Å². The molecule has 0 aromatic heterocycles. The first kappa shape index (κ1) is 14.8. The minimum atomic E-state index is -0.419. The maximum atomic E-state index is 13.5. The number of nitrogens with one attached hydrogen (secondary N) is 1. The summed E-state index contributed by atoms with van der Waals surface area (Å²) in [5, 5.41) is 2.81. The van der Waals surface area contributed by atoms with Crippen LogP contribution in [0.4, 0.5) is 4.39 Å². The molecule has 0 bridgehead atoms. The molecular weight excluding hydrogens is 259 g/mol. The largest absolute Gasteiger partial charge is 0.494 e. The van der Waals surface area contributed by atoms with Crippen molar-refractivity contribution in [2.75, 3.05) is 7.11 Å². The van der Waals surface area contributed by atoms with Gasteiger partial charge in [-0.15, -0.1) is 0 Å². The fraction of sp³-hybridized carbons (Fsp3) is 0.533. The van der Waals surface area contributed by atoms with Crippen molar-refractivity contribution in [3.05, 3.63) is 29.6 Å². The van der Waals surface area contributed by atoms with E-state index in [1.165, 1.54) is 13.2 Å². The first-order valence-corrected chi connectivity index (χ1v) is 6.95. The van der Waals surface area contributed by atoms with Crippen molar-refractivity contribution >= 4 is 5.91 Å². The number of benzene rings is 1. The number of rotatable bonds is 5. The van der Waals surface area contributed by atoms with Gasteiger partial charge in [-0.25, -0.2) is 4.39 Å². The molecule has 2 rings (SSSR count). The first-order valence-electron chi connectivity index (χ1n) is 6.95. The van der Waals surface area contributed by atoms with Crippen molar-refractivity contribution in [2.45, 2.75) is 38.3 Å². The summed E-state index contributed by atoms with van der Waals surface area (Å²) in [5.41, 5.74) is 6.66. The number of halogens is 1. The summed E-state index contributed by atoms with van der Waals surface area (Å²) in [5.74, 6) is 0.0419. The molecule has 20 heavy (non-hydrogen) atoms. The van der Waals surface area contributed by atoms with Crippen molar-refractivity contribution in [1.82, 2.24) is 5.32 Å². The second-order valence-corrected chi connectivity index (χ2v) is 5.30. The van der Waals surface area contributed by atoms with Crippen LogP contribution in [-0.4, -0.2) is 19.1 Å². The Balaban J connectivity index is 1.82. The summed E-state index contributed by atoms with van der Waals surface area (Å²) in [7, 11) is 1.42. The third-order valence-electron chi connectivity index (χ3n) is 3.87. The maximum absolute atomic E-state index is 13.5. The van der Waals surface area contributed by atoms with E-state index in [2.05, 4.69) is 5.32 Å². The third kappa shape index (κ3) is 3.70. The zero-order valence-electron chi connectivity index (χ0n) is 11.7. The Morgan fingerprint density at radius 1 is 1.50 bits per heavy atom. The second kappa shape index (κ2) is 6.70. The molecule has 0 saturated heterocycles. The minimum absolute atomic E-state index is 0.0245. The van der Waals surface area contributed by atoms with Crippen molar-refractivity contribution in [3.63, 3.8) is 0 Å². The van der Waals surface area contributed by atoms with E-state index in [9.17, 15) is 9.18 Å². The van der Waals surface area contributed by atoms with Crippen LogP contribution >= 0.6 is 0 Å². The van der Waals surface area contributed by atoms with Crippen LogP contribution in [0.15, 0.2) is 18.2 Å². The predicted molar refractivity (Wildman–Crippen MR) is 74.7 cm³/mol. The van der Waals surface area contributed by atoms with Crippen LogP contribution in [0.25, 0.3) is 0 Å². The van der Waals surface area contributed by atoms with E-state index < -0.39 is 5.82 Å². The standard InChI is InChI=1S/C15H21FN2O2/c1-20-14-6-5-10(7-12(14)16)9-18-15(19)8-11-3-2-4-13(11)17/h5-7,11,13H,2-4,8-9,17H2,1H3,(H,18,19)/t11-,13+/m0/s1. The molecule has 5 heteroatoms. The van der Waals surface area contributed by atoms with E-state index in [0.29, 0.717) is 18.5 Å². The van der Waals surface area contributed by atoms with Crippen LogP contribution in [0, 0.1) is 11.7 Å². The van der Waals surface area contributed by atoms with Crippen LogP contribution in [0.5, 0.6) is 5.75 Å². The molecule has 1 aliphatic rings. The second-order valence-electron chi connectivity index (χ2n) is 5.30. The summed E-state index contributed by atoms with van der Waals surface area (Å²) in [6, 6.07) is 4.81. The molecule has 1 fully saturated rings. The summed E-state index contributed by atoms with van der Waals surface area (Å²) in [4.78, 5) is 11.8. The number of carbonyl (C=O) groups excluding carboxylic acids is 1. The monoisotopic (exact) mass is 280 g/mol. The van der Waals surface area contributed by atoms with E-state index in [1.807, 2.05) is 0 Å². The van der Waals surface area contributed by atoms with Crippen LogP contribution in [-0.2, 0) is 11.3 Å². The van der Waals surface area contributed by atoms with Gasteiger partial charge in [-0.3, -0.25) is 4.79 Å². The van der Waals surface area contributed by atoms with E-state index in [0.717, 1.165) is 19.3 Å². The van der Waals surface area contributed by atoms with Gasteiger partial charge in [0.1, 0.15) is 0 Å². The third-order valence-corrected chi connectivity index (χ3v) is 3.87. The molecule has 2 atom stereocenters. The van der Waals surface area contributed by atoms with Gasteiger partial charge in [0.05, 0.1) is 7.11 Å². The summed E-state index contributed by atoms with van der Waals surface area (Å²) in [6.45, 7) is 0.321. The number of nitrogens with two attached hydrogens (primary N) is 1. The molecule has 0 spiro atoms. The Kier molecular flexibility index (Phi) is 4.95. The lowest BCUT2D eigenvalue weighted by molar-refractivity contribution is -0.122. The van der Waals surface area contributed by atoms with Crippen molar-refractivity contribution in [2.24, 2.45) is 11.7 Å². The molecule has 110 valence electrons. The maximum Gasteiger partial charge on any atom is 0.220 e. The molecule has 1 amide bonds. The van der Waals surface area contributed by atoms with Gasteiger partial charge in [0.2, 0.25) is 5.91 Å². The van der Waals surface area contributed by atoms with E-state index in [-0.39, 0.29) is 23.6 Å². The first-order chi connectivity index (χ1) is 9.60. The lowest BCUT2D eigenvalue weighted by Crippen LogP contribution is -2.31. The molecule has 0 aliphatic heterocycles. The van der Waals surface area contributed by atoms with Crippen molar-refractivity contribution < 1.29 is 13.9 Å². The zero-order chi connectivity index (χ0) is 14.5. The number of hydrogen-bond donors (Lipinski definition) is 2. The highest BCUT2D eigenvalue weighted by Crippen LogP contribution is 2.26. The van der Waals surface area contributed by atoms with Gasteiger partial charge in [0.15, 0.2) is 11.6 Å². The van der Waals surface area contributed by atoms with Gasteiger partial charge in [-0.1, -0.05) is 12.5 Å². The normalized spacial score (nSPS) is 21.8. The topological polar surface area (TPSA) is 64.3 Å². The van der Waals surface area contributed by atoms with Crippen LogP contribution in [0.3, 0.4) is 0 Å². The summed E-state index contributed by atoms with van der Waals surface area (Å²) in [6.07, 6.45) is 3.58. The molecule has 4 nitrogen and oxygen atoms in total. The Hall–Kier alpha value is -1.62. The van der Waals surface area contributed by atoms with Crippen molar-refractivity contribution in [3.8, 4) is 5.75 Å². The van der Waals surface area contributed by atoms with Crippen LogP contribution in [0.1, 0.15) is 31.2 Å². The van der Waals surface area contributed by atoms with Crippen LogP contribution in [0.2, 0.25) is 0 Å². The fourth-order valence-electron chi connectivity index (χ4n) is 2.65. The fourth-order valence-corrected chi connectivity index (χ4v) is 2.65. The van der Waals surface area contributed by atoms with E-state index >= 15 is 0 Å². The zero-order valence-corrected chi connectivity index (χ0v) is 11.7. The van der Waals surface area contributed by atoms with Crippen molar-refractivity contribution in [1.29, 1.82) is 0 Å². The molecule has 1 aromatic rings. The van der Waals surface area contributed by atoms with Crippen LogP contribution < -0.4 is 15.8 Å². The van der Waals surface area contributed by atoms with E-state index in [4.69, 9.17) is 10.5 Å². The summed E-state index contributed by atoms with van der Waals surface area (Å²) >= 11 is 0. The molecule has 0 radical (unpaired) electrons. The summed E-state index contributed by atoms with van der Waals surface area (Å²) < 4.78 is 18.3. The van der Waals surface area contributed by atoms with Gasteiger partial charge >= 0.3 is 0 Å². The minimum Gasteiger partial charge on any atom is -0.494 e. The molecule has 0 heterocycles. The lowest BCUT2D eigenvalue weighted by Gasteiger charge is -2.14. The number of amides is 1. The SMILES string of the molecule is COc1ccc(CNC(=O)C[C@@H]2CCC[C@H]2N)cc1F. The average Bonchev–Trinajstić information content (AvgIpc) is 2.82. The molecule has 1 saturated carbocycles. The predicted octanol–water partition coefficient (Wildman–Crippen LogP) is 1.97. The molecule has 0 unspecified atom stereocenters. The molecular formula is C15H21FN2O2. The van der Waals surface area contributed by atoms with Gasteiger partial charge < -0.3 is 15.8 Å². The smallest absolute Gasteiger partial charge is 0.220 e. The van der Waals surface area contributed by atoms with E-state index in [1.54, 1.807) is 12.1 Å². The number of methoxy groups -OCH3 is 1. The highest BCUT2D eigenvalue weighted by molar-refractivity contribution is 5.76. The Bertz CT molecular complexity index is 479. The number of hydrogen-bond acceptors (Lipinski definition) is 3. The average molecular weight is 280 g/mol. The molecule has 1 aliphatic carbocycles. The molecule has 3 N–H and O–H groups in total. The van der Waals surface area contributed by atoms with Gasteiger partial charge in [-0.05, 0) is 36.5 Å². The lowest BCUT2D eigenvalue weighted by atomic mass is 10.00. The Labute approximate surface area is 118 Å². The van der Waals surface area contributed by atoms with Gasteiger partial charge in [0, 0.05) is 19.0 Å². The Morgan fingerprint density at radius 3 is 2.90 bits per heavy atom. The quantitative estimate of drug-likeness (QED) is 0.866.